The molecule has 0 bridgehead atoms. The Morgan fingerprint density at radius 1 is 1.00 bits per heavy atom. The van der Waals surface area contributed by atoms with Crippen LogP contribution in [0.5, 0.6) is 0 Å². The second-order valence-electron chi connectivity index (χ2n) is 4.22. The van der Waals surface area contributed by atoms with Gasteiger partial charge in [0.1, 0.15) is 5.69 Å². The summed E-state index contributed by atoms with van der Waals surface area (Å²) in [5.41, 5.74) is 3.78. The zero-order valence-electron chi connectivity index (χ0n) is 8.60. The van der Waals surface area contributed by atoms with Crippen LogP contribution in [0.4, 0.5) is 5.69 Å². The van der Waals surface area contributed by atoms with Crippen LogP contribution in [0.15, 0.2) is 12.1 Å². The van der Waals surface area contributed by atoms with Crippen LogP contribution in [0, 0.1) is 19.9 Å². The SMILES string of the molecule is Cc1[c]c(C)cc([N+](C)(C)C)c1. The number of benzene rings is 1. The Morgan fingerprint density at radius 3 is 1.75 bits per heavy atom. The lowest BCUT2D eigenvalue weighted by Gasteiger charge is -2.24. The quantitative estimate of drug-likeness (QED) is 0.557. The lowest BCUT2D eigenvalue weighted by Crippen LogP contribution is -2.34. The molecule has 1 rings (SSSR count). The third kappa shape index (κ3) is 2.08. The molecule has 0 aromatic heterocycles. The van der Waals surface area contributed by atoms with Crippen molar-refractivity contribution in [1.29, 1.82) is 0 Å². The normalized spacial score (nSPS) is 11.8. The number of hydrogen-bond acceptors (Lipinski definition) is 0. The summed E-state index contributed by atoms with van der Waals surface area (Å²) >= 11 is 0. The molecule has 1 heteroatoms. The summed E-state index contributed by atoms with van der Waals surface area (Å²) in [6.07, 6.45) is 0. The number of hydrogen-bond donors (Lipinski definition) is 0. The zero-order valence-corrected chi connectivity index (χ0v) is 8.60. The molecule has 65 valence electrons. The van der Waals surface area contributed by atoms with Gasteiger partial charge in [-0.1, -0.05) is 0 Å². The van der Waals surface area contributed by atoms with Gasteiger partial charge in [-0.15, -0.1) is 0 Å². The Labute approximate surface area is 75.2 Å². The van der Waals surface area contributed by atoms with Crippen molar-refractivity contribution in [2.75, 3.05) is 21.1 Å². The molecule has 1 aromatic carbocycles. The molecule has 1 radical (unpaired) electrons. The average molecular weight is 163 g/mol. The van der Waals surface area contributed by atoms with E-state index in [0.29, 0.717) is 0 Å². The van der Waals surface area contributed by atoms with Gasteiger partial charge in [-0.25, -0.2) is 0 Å². The van der Waals surface area contributed by atoms with Crippen LogP contribution >= 0.6 is 0 Å². The van der Waals surface area contributed by atoms with Crippen LogP contribution in [-0.2, 0) is 0 Å². The van der Waals surface area contributed by atoms with E-state index in [-0.39, 0.29) is 0 Å². The van der Waals surface area contributed by atoms with E-state index >= 15 is 0 Å². The molecule has 0 atom stereocenters. The van der Waals surface area contributed by atoms with Crippen molar-refractivity contribution in [2.24, 2.45) is 0 Å². The van der Waals surface area contributed by atoms with Gasteiger partial charge in [-0.3, -0.25) is 4.48 Å². The van der Waals surface area contributed by atoms with E-state index < -0.39 is 0 Å². The topological polar surface area (TPSA) is 0 Å². The van der Waals surface area contributed by atoms with Crippen molar-refractivity contribution in [1.82, 2.24) is 4.48 Å². The number of rotatable bonds is 1. The smallest absolute Gasteiger partial charge is 0.132 e. The predicted octanol–water partition coefficient (Wildman–Crippen LogP) is 2.30. The summed E-state index contributed by atoms with van der Waals surface area (Å²) in [7, 11) is 6.52. The molecule has 0 saturated heterocycles. The fourth-order valence-corrected chi connectivity index (χ4v) is 1.26. The first-order valence-electron chi connectivity index (χ1n) is 4.22. The van der Waals surface area contributed by atoms with Crippen molar-refractivity contribution in [2.45, 2.75) is 13.8 Å². The molecular weight excluding hydrogens is 146 g/mol. The molecule has 0 amide bonds. The highest BCUT2D eigenvalue weighted by molar-refractivity contribution is 5.46. The Balaban J connectivity index is 3.18. The van der Waals surface area contributed by atoms with Gasteiger partial charge in [0.05, 0.1) is 21.1 Å². The van der Waals surface area contributed by atoms with Gasteiger partial charge < -0.3 is 0 Å². The maximum Gasteiger partial charge on any atom is 0.132 e. The Morgan fingerprint density at radius 2 is 1.42 bits per heavy atom. The molecule has 0 N–H and O–H groups in total. The van der Waals surface area contributed by atoms with Gasteiger partial charge in [0.15, 0.2) is 0 Å². The standard InChI is InChI=1S/C11H17N/c1-9-6-10(2)8-11(7-9)12(3,4)5/h7-8H,1-5H3/q+1. The first kappa shape index (κ1) is 9.27. The molecule has 0 spiro atoms. The van der Waals surface area contributed by atoms with E-state index in [0.717, 1.165) is 4.48 Å². The summed E-state index contributed by atoms with van der Waals surface area (Å²) in [4.78, 5) is 0. The fraction of sp³-hybridized carbons (Fsp3) is 0.455. The van der Waals surface area contributed by atoms with Crippen molar-refractivity contribution in [3.8, 4) is 0 Å². The largest absolute Gasteiger partial charge is 0.298 e. The average Bonchev–Trinajstić information content (AvgIpc) is 1.82. The Bertz CT molecular complexity index is 261. The molecule has 1 nitrogen and oxygen atoms in total. The van der Waals surface area contributed by atoms with Crippen molar-refractivity contribution in [3.05, 3.63) is 29.3 Å². The molecule has 0 fully saturated rings. The summed E-state index contributed by atoms with van der Waals surface area (Å²) in [5.74, 6) is 0. The van der Waals surface area contributed by atoms with Crippen LogP contribution in [0.1, 0.15) is 11.1 Å². The van der Waals surface area contributed by atoms with Crippen molar-refractivity contribution in [3.63, 3.8) is 0 Å². The van der Waals surface area contributed by atoms with Crippen LogP contribution in [-0.4, -0.2) is 21.1 Å². The molecule has 0 saturated carbocycles. The number of aryl methyl sites for hydroxylation is 2. The zero-order chi connectivity index (χ0) is 9.35. The van der Waals surface area contributed by atoms with E-state index in [9.17, 15) is 0 Å². The number of nitrogens with zero attached hydrogens (tertiary/aromatic N) is 1. The molecule has 0 aliphatic carbocycles. The van der Waals surface area contributed by atoms with E-state index in [1.807, 2.05) is 0 Å². The van der Waals surface area contributed by atoms with Crippen LogP contribution in [0.3, 0.4) is 0 Å². The molecule has 0 heterocycles. The summed E-state index contributed by atoms with van der Waals surface area (Å²) in [5, 5.41) is 0. The van der Waals surface area contributed by atoms with E-state index in [1.54, 1.807) is 0 Å². The van der Waals surface area contributed by atoms with Crippen molar-refractivity contribution < 1.29 is 0 Å². The highest BCUT2D eigenvalue weighted by Crippen LogP contribution is 2.19. The van der Waals surface area contributed by atoms with Crippen LogP contribution in [0.25, 0.3) is 0 Å². The van der Waals surface area contributed by atoms with Gasteiger partial charge >= 0.3 is 0 Å². The predicted molar refractivity (Wildman–Crippen MR) is 54.3 cm³/mol. The van der Waals surface area contributed by atoms with Crippen LogP contribution < -0.4 is 4.48 Å². The highest BCUT2D eigenvalue weighted by Gasteiger charge is 2.12. The number of quaternary nitrogens is 1. The lowest BCUT2D eigenvalue weighted by molar-refractivity contribution is 0.486. The minimum Gasteiger partial charge on any atom is -0.298 e. The molecular formula is C11H17N+. The second kappa shape index (κ2) is 2.91. The highest BCUT2D eigenvalue weighted by atomic mass is 15.3. The monoisotopic (exact) mass is 163 g/mol. The first-order valence-corrected chi connectivity index (χ1v) is 4.22. The minimum atomic E-state index is 0.871. The first-order chi connectivity index (χ1) is 5.39. The third-order valence-corrected chi connectivity index (χ3v) is 1.90. The van der Waals surface area contributed by atoms with Gasteiger partial charge in [-0.05, 0) is 31.0 Å². The summed E-state index contributed by atoms with van der Waals surface area (Å²) in [6.45, 7) is 4.18. The maximum atomic E-state index is 3.27. The summed E-state index contributed by atoms with van der Waals surface area (Å²) < 4.78 is 0.871. The van der Waals surface area contributed by atoms with E-state index in [4.69, 9.17) is 0 Å². The van der Waals surface area contributed by atoms with Crippen molar-refractivity contribution >= 4 is 5.69 Å². The molecule has 1 aromatic rings. The molecule has 0 unspecified atom stereocenters. The Kier molecular flexibility index (Phi) is 2.25. The summed E-state index contributed by atoms with van der Waals surface area (Å²) in [6, 6.07) is 7.65. The maximum absolute atomic E-state index is 3.27. The minimum absolute atomic E-state index is 0.871. The Hall–Kier alpha value is -0.820. The second-order valence-corrected chi connectivity index (χ2v) is 4.22. The van der Waals surface area contributed by atoms with E-state index in [2.05, 4.69) is 53.2 Å². The van der Waals surface area contributed by atoms with Gasteiger partial charge in [0.25, 0.3) is 0 Å². The van der Waals surface area contributed by atoms with Gasteiger partial charge in [0, 0.05) is 12.1 Å². The molecule has 0 aliphatic rings. The molecule has 12 heavy (non-hydrogen) atoms. The lowest BCUT2D eigenvalue weighted by atomic mass is 10.1. The van der Waals surface area contributed by atoms with E-state index in [1.165, 1.54) is 16.8 Å². The fourth-order valence-electron chi connectivity index (χ4n) is 1.26. The van der Waals surface area contributed by atoms with Gasteiger partial charge in [0.2, 0.25) is 0 Å². The van der Waals surface area contributed by atoms with Gasteiger partial charge in [-0.2, -0.15) is 0 Å². The van der Waals surface area contributed by atoms with Crippen LogP contribution in [0.2, 0.25) is 0 Å². The third-order valence-electron chi connectivity index (χ3n) is 1.90. The molecule has 0 aliphatic heterocycles.